The molecule has 0 bridgehead atoms. The van der Waals surface area contributed by atoms with E-state index < -0.39 is 45.5 Å². The van der Waals surface area contributed by atoms with Crippen molar-refractivity contribution in [1.29, 1.82) is 0 Å². The summed E-state index contributed by atoms with van der Waals surface area (Å²) in [5.74, 6) is -0.811. The largest absolute Gasteiger partial charge is 0.465 e. The van der Waals surface area contributed by atoms with Crippen LogP contribution in [0.15, 0.2) is 77.7 Å². The summed E-state index contributed by atoms with van der Waals surface area (Å²) in [4.78, 5) is 13.0. The second-order valence-corrected chi connectivity index (χ2v) is 35.6. The maximum Gasteiger partial charge on any atom is 0.305 e. The van der Waals surface area contributed by atoms with Crippen LogP contribution >= 0.6 is 0 Å². The molecule has 1 saturated carbocycles. The number of hydrogen-bond donors (Lipinski definition) is 2. The van der Waals surface area contributed by atoms with E-state index in [1.807, 2.05) is 24.3 Å². The third-order valence-electron chi connectivity index (χ3n) is 15.5. The molecule has 65 heavy (non-hydrogen) atoms. The lowest BCUT2D eigenvalue weighted by molar-refractivity contribution is -0.149. The molecule has 6 atom stereocenters. The van der Waals surface area contributed by atoms with Crippen LogP contribution in [-0.4, -0.2) is 92.9 Å². The van der Waals surface area contributed by atoms with Gasteiger partial charge in [0.2, 0.25) is 0 Å². The fourth-order valence-electron chi connectivity index (χ4n) is 10.1. The summed E-state index contributed by atoms with van der Waals surface area (Å²) in [6, 6.07) is 28.4. The van der Waals surface area contributed by atoms with Crippen LogP contribution < -0.4 is 0 Å². The minimum Gasteiger partial charge on any atom is -0.465 e. The average Bonchev–Trinajstić information content (AvgIpc) is 3.67. The Kier molecular flexibility index (Phi) is 24.6. The van der Waals surface area contributed by atoms with Crippen LogP contribution in [0.1, 0.15) is 120 Å². The number of aliphatic hydroxyl groups excluding tert-OH is 2. The molecule has 0 saturated heterocycles. The molecule has 1 fully saturated rings. The molecule has 1 aliphatic rings. The number of esters is 1. The summed E-state index contributed by atoms with van der Waals surface area (Å²) in [7, 11) is -10.5. The van der Waals surface area contributed by atoms with Crippen molar-refractivity contribution in [1.82, 2.24) is 0 Å². The van der Waals surface area contributed by atoms with E-state index in [1.54, 1.807) is 19.1 Å². The van der Waals surface area contributed by atoms with Gasteiger partial charge in [0.25, 0.3) is 0 Å². The first-order chi connectivity index (χ1) is 31.1. The predicted octanol–water partition coefficient (Wildman–Crippen LogP) is 12.3. The quantitative estimate of drug-likeness (QED) is 0.0311. The lowest BCUT2D eigenvalue weighted by atomic mass is 9.85. The van der Waals surface area contributed by atoms with Gasteiger partial charge in [-0.15, -0.1) is 0 Å². The van der Waals surface area contributed by atoms with Gasteiger partial charge in [-0.05, 0) is 123 Å². The SMILES string of the molecule is CC[Si](CC)(CC)O[C@@H](CCc1ccccc1)CC([C@@H]1[C@@H](C/C=C\CCCC(=O)OCC(C)(CO)CO)[C@@H](O[Si](CC)(CC)CC)C[C@H]1O[Si](CC)(CC)CC)S(=O)(=O)c1ccccc1. The standard InChI is InChI=1S/C52H90O9SSi3/c1-11-63(12-2,13-3)59-44(37-36-43-30-24-22-25-31-43)38-49(62(56,57)45-32-26-23-27-33-45)51-46(34-28-20-21-29-35-50(55)58-42-52(10,40-53)41-54)47(60-64(14-4,15-5)16-6)39-48(51)61-65(17-7,18-8)19-9/h20,22-28,30-33,44,46-49,51,53-54H,11-19,21,29,34-42H2,1-10H3/b28-20-/t44-,46-,47-,48+,49?,51+/m0/s1. The van der Waals surface area contributed by atoms with Crippen molar-refractivity contribution in [3.8, 4) is 0 Å². The molecule has 0 aromatic heterocycles. The van der Waals surface area contributed by atoms with Crippen LogP contribution in [0.25, 0.3) is 0 Å². The van der Waals surface area contributed by atoms with Crippen LogP contribution in [0.4, 0.5) is 0 Å². The predicted molar refractivity (Wildman–Crippen MR) is 275 cm³/mol. The zero-order valence-corrected chi connectivity index (χ0v) is 46.0. The van der Waals surface area contributed by atoms with E-state index in [1.165, 1.54) is 5.56 Å². The zero-order chi connectivity index (χ0) is 48.2. The van der Waals surface area contributed by atoms with E-state index in [2.05, 4.69) is 98.7 Å². The van der Waals surface area contributed by atoms with Crippen molar-refractivity contribution in [3.63, 3.8) is 0 Å². The van der Waals surface area contributed by atoms with Gasteiger partial charge in [0.05, 0.1) is 35.6 Å². The third kappa shape index (κ3) is 16.1. The Balaban J connectivity index is 2.22. The highest BCUT2D eigenvalue weighted by Crippen LogP contribution is 2.49. The van der Waals surface area contributed by atoms with Gasteiger partial charge in [-0.3, -0.25) is 4.79 Å². The normalized spacial score (nSPS) is 19.8. The number of aryl methyl sites for hydroxylation is 1. The van der Waals surface area contributed by atoms with Crippen LogP contribution in [0.3, 0.4) is 0 Å². The number of carbonyl (C=O) groups excluding carboxylic acids is 1. The molecule has 1 aliphatic carbocycles. The Morgan fingerprint density at radius 1 is 0.738 bits per heavy atom. The van der Waals surface area contributed by atoms with Gasteiger partial charge in [-0.2, -0.15) is 0 Å². The summed E-state index contributed by atoms with van der Waals surface area (Å²) in [5.41, 5.74) is 0.354. The Morgan fingerprint density at radius 3 is 1.75 bits per heavy atom. The van der Waals surface area contributed by atoms with Gasteiger partial charge in [0, 0.05) is 23.9 Å². The first kappa shape index (κ1) is 57.4. The molecule has 2 aromatic rings. The van der Waals surface area contributed by atoms with Gasteiger partial charge >= 0.3 is 5.97 Å². The van der Waals surface area contributed by atoms with Crippen molar-refractivity contribution >= 4 is 40.8 Å². The average molecular weight is 976 g/mol. The molecule has 2 aromatic carbocycles. The maximum absolute atomic E-state index is 15.8. The molecule has 2 N–H and O–H groups in total. The number of allylic oxidation sites excluding steroid dienone is 2. The molecular formula is C52H90O9SSi3. The molecule has 0 amide bonds. The Bertz CT molecular complexity index is 1740. The first-order valence-electron chi connectivity index (χ1n) is 25.5. The summed E-state index contributed by atoms with van der Waals surface area (Å²) in [6.07, 6.45) is 8.33. The number of benzene rings is 2. The number of sulfone groups is 1. The fraction of sp³-hybridized carbons (Fsp3) is 0.712. The van der Waals surface area contributed by atoms with Crippen molar-refractivity contribution < 1.29 is 41.4 Å². The lowest BCUT2D eigenvalue weighted by Crippen LogP contribution is -2.48. The molecule has 3 rings (SSSR count). The van der Waals surface area contributed by atoms with Crippen LogP contribution in [-0.2, 0) is 39.1 Å². The van der Waals surface area contributed by atoms with Crippen molar-refractivity contribution in [2.24, 2.45) is 17.3 Å². The van der Waals surface area contributed by atoms with Gasteiger partial charge in [0.1, 0.15) is 6.61 Å². The van der Waals surface area contributed by atoms with Crippen molar-refractivity contribution in [2.45, 2.75) is 203 Å². The number of unbranched alkanes of at least 4 members (excludes halogenated alkanes) is 1. The minimum absolute atomic E-state index is 0.0393. The molecule has 1 unspecified atom stereocenters. The first-order valence-corrected chi connectivity index (χ1v) is 34.6. The number of carbonyl (C=O) groups is 1. The van der Waals surface area contributed by atoms with Crippen molar-refractivity contribution in [3.05, 3.63) is 78.4 Å². The topological polar surface area (TPSA) is 129 Å². The number of aliphatic hydroxyl groups is 2. The summed E-state index contributed by atoms with van der Waals surface area (Å²) in [5, 5.41) is 18.5. The Hall–Kier alpha value is -1.95. The number of ether oxygens (including phenoxy) is 1. The summed E-state index contributed by atoms with van der Waals surface area (Å²) in [6.45, 7) is 21.4. The summed E-state index contributed by atoms with van der Waals surface area (Å²) < 4.78 is 59.6. The number of hydrogen-bond acceptors (Lipinski definition) is 9. The Labute approximate surface area is 399 Å². The minimum atomic E-state index is -3.91. The zero-order valence-electron chi connectivity index (χ0n) is 42.2. The van der Waals surface area contributed by atoms with Crippen molar-refractivity contribution in [2.75, 3.05) is 19.8 Å². The van der Waals surface area contributed by atoms with E-state index in [0.717, 1.165) is 67.2 Å². The van der Waals surface area contributed by atoms with E-state index in [0.29, 0.717) is 37.0 Å². The van der Waals surface area contributed by atoms with Crippen LogP contribution in [0.5, 0.6) is 0 Å². The molecule has 370 valence electrons. The van der Waals surface area contributed by atoms with Gasteiger partial charge < -0.3 is 28.2 Å². The highest BCUT2D eigenvalue weighted by molar-refractivity contribution is 7.92. The van der Waals surface area contributed by atoms with Crippen LogP contribution in [0.2, 0.25) is 54.4 Å². The fourth-order valence-corrected chi connectivity index (χ4v) is 21.0. The van der Waals surface area contributed by atoms with Gasteiger partial charge in [0.15, 0.2) is 34.8 Å². The van der Waals surface area contributed by atoms with E-state index in [9.17, 15) is 15.0 Å². The second-order valence-electron chi connectivity index (χ2n) is 19.3. The smallest absolute Gasteiger partial charge is 0.305 e. The van der Waals surface area contributed by atoms with E-state index in [-0.39, 0.29) is 62.4 Å². The molecule has 0 aliphatic heterocycles. The second kappa shape index (κ2) is 27.9. The third-order valence-corrected chi connectivity index (χ3v) is 31.8. The molecule has 13 heteroatoms. The van der Waals surface area contributed by atoms with E-state index >= 15 is 8.42 Å². The molecule has 0 radical (unpaired) electrons. The Morgan fingerprint density at radius 2 is 1.25 bits per heavy atom. The van der Waals surface area contributed by atoms with E-state index in [4.69, 9.17) is 18.0 Å². The monoisotopic (exact) mass is 975 g/mol. The molecule has 9 nitrogen and oxygen atoms in total. The maximum atomic E-state index is 15.8. The van der Waals surface area contributed by atoms with Crippen LogP contribution in [0, 0.1) is 17.3 Å². The summed E-state index contributed by atoms with van der Waals surface area (Å²) >= 11 is 0. The number of rotatable bonds is 33. The van der Waals surface area contributed by atoms with Gasteiger partial charge in [-0.25, -0.2) is 8.42 Å². The lowest BCUT2D eigenvalue weighted by Gasteiger charge is -2.41. The molecule has 0 spiro atoms. The molecule has 0 heterocycles. The highest BCUT2D eigenvalue weighted by atomic mass is 32.2. The highest BCUT2D eigenvalue weighted by Gasteiger charge is 2.55. The molecular weight excluding hydrogens is 885 g/mol. The van der Waals surface area contributed by atoms with Gasteiger partial charge in [-0.1, -0.05) is 130 Å².